The number of fused-ring (bicyclic) bond motifs is 1. The summed E-state index contributed by atoms with van der Waals surface area (Å²) in [6, 6.07) is 14.9. The van der Waals surface area contributed by atoms with Crippen LogP contribution in [0.15, 0.2) is 48.5 Å². The highest BCUT2D eigenvalue weighted by Crippen LogP contribution is 2.18. The molecule has 2 amide bonds. The normalized spacial score (nSPS) is 13.8. The molecule has 0 saturated carbocycles. The third-order valence-corrected chi connectivity index (χ3v) is 5.61. The number of para-hydroxylation sites is 2. The Kier molecular flexibility index (Phi) is 7.01. The van der Waals surface area contributed by atoms with E-state index in [4.69, 9.17) is 14.5 Å². The minimum Gasteiger partial charge on any atom is -0.497 e. The number of morpholine rings is 1. The van der Waals surface area contributed by atoms with E-state index in [1.54, 1.807) is 31.4 Å². The van der Waals surface area contributed by atoms with Crippen LogP contribution in [0.5, 0.6) is 5.75 Å². The van der Waals surface area contributed by atoms with Gasteiger partial charge in [0.2, 0.25) is 5.91 Å². The van der Waals surface area contributed by atoms with E-state index in [1.807, 2.05) is 33.7 Å². The standard InChI is InChI=1S/C24H28N4O4/c1-31-19-10-8-18(9-11-19)24(30)25-12-4-7-22-26-20-5-2-3-6-21(20)28(22)17-23(29)27-13-15-32-16-14-27/h2-3,5-6,8-11H,4,7,12-17H2,1H3,(H,25,30). The molecule has 1 saturated heterocycles. The molecule has 0 bridgehead atoms. The van der Waals surface area contributed by atoms with Crippen LogP contribution >= 0.6 is 0 Å². The Bertz CT molecular complexity index is 1070. The first-order valence-corrected chi connectivity index (χ1v) is 10.9. The Morgan fingerprint density at radius 2 is 1.84 bits per heavy atom. The highest BCUT2D eigenvalue weighted by Gasteiger charge is 2.20. The lowest BCUT2D eigenvalue weighted by molar-refractivity contribution is -0.135. The Labute approximate surface area is 187 Å². The largest absolute Gasteiger partial charge is 0.497 e. The van der Waals surface area contributed by atoms with E-state index in [-0.39, 0.29) is 18.4 Å². The van der Waals surface area contributed by atoms with Gasteiger partial charge in [-0.25, -0.2) is 4.98 Å². The molecule has 3 aromatic rings. The smallest absolute Gasteiger partial charge is 0.251 e. The van der Waals surface area contributed by atoms with Crippen molar-refractivity contribution in [1.29, 1.82) is 0 Å². The number of ether oxygens (including phenoxy) is 2. The molecule has 1 N–H and O–H groups in total. The molecule has 4 rings (SSSR count). The van der Waals surface area contributed by atoms with Crippen LogP contribution in [0.25, 0.3) is 11.0 Å². The second kappa shape index (κ2) is 10.3. The molecule has 1 aliphatic heterocycles. The minimum absolute atomic E-state index is 0.0745. The van der Waals surface area contributed by atoms with Gasteiger partial charge >= 0.3 is 0 Å². The van der Waals surface area contributed by atoms with Crippen molar-refractivity contribution in [3.05, 3.63) is 59.9 Å². The molecule has 1 aliphatic rings. The summed E-state index contributed by atoms with van der Waals surface area (Å²) in [4.78, 5) is 31.8. The third kappa shape index (κ3) is 5.08. The molecule has 1 aromatic heterocycles. The van der Waals surface area contributed by atoms with E-state index in [0.717, 1.165) is 23.3 Å². The van der Waals surface area contributed by atoms with Crippen LogP contribution in [-0.2, 0) is 22.5 Å². The predicted octanol–water partition coefficient (Wildman–Crippen LogP) is 2.27. The molecule has 168 valence electrons. The van der Waals surface area contributed by atoms with E-state index in [2.05, 4.69) is 5.32 Å². The van der Waals surface area contributed by atoms with Gasteiger partial charge in [0.1, 0.15) is 18.1 Å². The van der Waals surface area contributed by atoms with Gasteiger partial charge < -0.3 is 24.3 Å². The predicted molar refractivity (Wildman–Crippen MR) is 121 cm³/mol. The lowest BCUT2D eigenvalue weighted by Crippen LogP contribution is -2.42. The molecular formula is C24H28N4O4. The summed E-state index contributed by atoms with van der Waals surface area (Å²) in [6.45, 7) is 3.18. The summed E-state index contributed by atoms with van der Waals surface area (Å²) < 4.78 is 12.5. The van der Waals surface area contributed by atoms with Crippen LogP contribution < -0.4 is 10.1 Å². The van der Waals surface area contributed by atoms with Gasteiger partial charge in [-0.3, -0.25) is 9.59 Å². The number of nitrogens with zero attached hydrogens (tertiary/aromatic N) is 3. The fourth-order valence-electron chi connectivity index (χ4n) is 3.83. The summed E-state index contributed by atoms with van der Waals surface area (Å²) in [5, 5.41) is 2.95. The summed E-state index contributed by atoms with van der Waals surface area (Å²) in [5.41, 5.74) is 2.42. The topological polar surface area (TPSA) is 85.7 Å². The maximum absolute atomic E-state index is 12.8. The Morgan fingerprint density at radius 1 is 1.09 bits per heavy atom. The van der Waals surface area contributed by atoms with E-state index < -0.39 is 0 Å². The zero-order valence-corrected chi connectivity index (χ0v) is 18.3. The second-order valence-corrected chi connectivity index (χ2v) is 7.68. The van der Waals surface area contributed by atoms with Crippen molar-refractivity contribution in [1.82, 2.24) is 19.8 Å². The van der Waals surface area contributed by atoms with Gasteiger partial charge in [-0.05, 0) is 42.8 Å². The summed E-state index contributed by atoms with van der Waals surface area (Å²) in [5.74, 6) is 1.52. The number of hydrogen-bond acceptors (Lipinski definition) is 5. The van der Waals surface area contributed by atoms with Crippen LogP contribution in [0.2, 0.25) is 0 Å². The number of rotatable bonds is 8. The summed E-state index contributed by atoms with van der Waals surface area (Å²) >= 11 is 0. The number of carbonyl (C=O) groups excluding carboxylic acids is 2. The van der Waals surface area contributed by atoms with E-state index in [9.17, 15) is 9.59 Å². The van der Waals surface area contributed by atoms with Gasteiger partial charge in [-0.2, -0.15) is 0 Å². The number of imidazole rings is 1. The summed E-state index contributed by atoms with van der Waals surface area (Å²) in [6.07, 6.45) is 1.38. The zero-order valence-electron chi connectivity index (χ0n) is 18.3. The van der Waals surface area contributed by atoms with Gasteiger partial charge in [-0.1, -0.05) is 12.1 Å². The SMILES string of the molecule is COc1ccc(C(=O)NCCCc2nc3ccccc3n2CC(=O)N2CCOCC2)cc1. The molecular weight excluding hydrogens is 408 g/mol. The number of benzene rings is 2. The van der Waals surface area contributed by atoms with Gasteiger partial charge in [0.15, 0.2) is 0 Å². The Hall–Kier alpha value is -3.39. The maximum Gasteiger partial charge on any atom is 0.251 e. The van der Waals surface area contributed by atoms with E-state index >= 15 is 0 Å². The van der Waals surface area contributed by atoms with Crippen molar-refractivity contribution in [2.24, 2.45) is 0 Å². The van der Waals surface area contributed by atoms with Crippen molar-refractivity contribution in [2.45, 2.75) is 19.4 Å². The quantitative estimate of drug-likeness (QED) is 0.548. The number of amides is 2. The van der Waals surface area contributed by atoms with Crippen LogP contribution in [0.1, 0.15) is 22.6 Å². The van der Waals surface area contributed by atoms with Gasteiger partial charge in [0.25, 0.3) is 5.91 Å². The second-order valence-electron chi connectivity index (χ2n) is 7.68. The lowest BCUT2D eigenvalue weighted by atomic mass is 10.2. The van der Waals surface area contributed by atoms with E-state index in [1.165, 1.54) is 0 Å². The maximum atomic E-state index is 12.8. The number of aryl methyl sites for hydroxylation is 1. The van der Waals surface area contributed by atoms with Crippen molar-refractivity contribution in [3.8, 4) is 5.75 Å². The number of aromatic nitrogens is 2. The first-order chi connectivity index (χ1) is 15.7. The lowest BCUT2D eigenvalue weighted by Gasteiger charge is -2.27. The number of carbonyl (C=O) groups is 2. The first-order valence-electron chi connectivity index (χ1n) is 10.9. The summed E-state index contributed by atoms with van der Waals surface area (Å²) in [7, 11) is 1.59. The first kappa shape index (κ1) is 21.8. The average molecular weight is 437 g/mol. The Morgan fingerprint density at radius 3 is 2.59 bits per heavy atom. The van der Waals surface area contributed by atoms with Gasteiger partial charge in [0, 0.05) is 31.6 Å². The molecule has 2 aromatic carbocycles. The van der Waals surface area contributed by atoms with E-state index in [0.29, 0.717) is 50.6 Å². The number of nitrogens with one attached hydrogen (secondary N) is 1. The fourth-order valence-corrected chi connectivity index (χ4v) is 3.83. The van der Waals surface area contributed by atoms with Crippen LogP contribution in [0, 0.1) is 0 Å². The zero-order chi connectivity index (χ0) is 22.3. The molecule has 0 radical (unpaired) electrons. The molecule has 2 heterocycles. The highest BCUT2D eigenvalue weighted by molar-refractivity contribution is 5.94. The van der Waals surface area contributed by atoms with Gasteiger partial charge in [-0.15, -0.1) is 0 Å². The van der Waals surface area contributed by atoms with Crippen molar-refractivity contribution in [3.63, 3.8) is 0 Å². The molecule has 1 fully saturated rings. The van der Waals surface area contributed by atoms with Crippen LogP contribution in [-0.4, -0.2) is 66.2 Å². The molecule has 0 spiro atoms. The molecule has 0 aliphatic carbocycles. The van der Waals surface area contributed by atoms with Crippen LogP contribution in [0.4, 0.5) is 0 Å². The van der Waals surface area contributed by atoms with Crippen molar-refractivity contribution >= 4 is 22.8 Å². The monoisotopic (exact) mass is 436 g/mol. The number of methoxy groups -OCH3 is 1. The van der Waals surface area contributed by atoms with Crippen LogP contribution in [0.3, 0.4) is 0 Å². The molecule has 8 heteroatoms. The van der Waals surface area contributed by atoms with Gasteiger partial charge in [0.05, 0.1) is 31.4 Å². The van der Waals surface area contributed by atoms with Crippen molar-refractivity contribution < 1.29 is 19.1 Å². The molecule has 0 atom stereocenters. The Balaban J connectivity index is 1.38. The average Bonchev–Trinajstić information content (AvgIpc) is 3.19. The fraction of sp³-hybridized carbons (Fsp3) is 0.375. The number of hydrogen-bond donors (Lipinski definition) is 1. The molecule has 0 unspecified atom stereocenters. The molecule has 32 heavy (non-hydrogen) atoms. The third-order valence-electron chi connectivity index (χ3n) is 5.61. The minimum atomic E-state index is -0.122. The molecule has 8 nitrogen and oxygen atoms in total. The highest BCUT2D eigenvalue weighted by atomic mass is 16.5. The van der Waals surface area contributed by atoms with Crippen molar-refractivity contribution in [2.75, 3.05) is 40.0 Å².